The van der Waals surface area contributed by atoms with Crippen molar-refractivity contribution in [3.8, 4) is 0 Å². The maximum Gasteiger partial charge on any atom is 0.0671 e. The van der Waals surface area contributed by atoms with E-state index in [2.05, 4.69) is 65.4 Å². The van der Waals surface area contributed by atoms with Gasteiger partial charge in [-0.1, -0.05) is 12.1 Å². The van der Waals surface area contributed by atoms with E-state index in [1.807, 2.05) is 0 Å². The van der Waals surface area contributed by atoms with Gasteiger partial charge in [0.1, 0.15) is 0 Å². The molecule has 1 aromatic carbocycles. The average molecular weight is 196 g/mol. The molecule has 0 fully saturated rings. The Morgan fingerprint density at radius 1 is 1.00 bits per heavy atom. The lowest BCUT2D eigenvalue weighted by atomic mass is 10.2. The highest BCUT2D eigenvalue weighted by Gasteiger charge is 2.08. The number of hydrogen-bond acceptors (Lipinski definition) is 2. The second kappa shape index (κ2) is 3.97. The minimum absolute atomic E-state index is 1.23. The second-order valence-corrected chi connectivity index (χ2v) is 4.13. The summed E-state index contributed by atoms with van der Waals surface area (Å²) in [4.78, 5) is 4.26. The first-order valence-corrected chi connectivity index (χ1v) is 4.85. The number of para-hydroxylation sites is 1. The summed E-state index contributed by atoms with van der Waals surface area (Å²) in [6, 6.07) is 6.31. The van der Waals surface area contributed by atoms with Crippen molar-refractivity contribution in [2.75, 3.05) is 38.0 Å². The molecule has 0 spiro atoms. The van der Waals surface area contributed by atoms with Crippen molar-refractivity contribution in [3.05, 3.63) is 18.2 Å². The summed E-state index contributed by atoms with van der Waals surface area (Å²) in [5, 5.41) is 1.23. The molecule has 13 heavy (non-hydrogen) atoms. The van der Waals surface area contributed by atoms with Crippen LogP contribution in [0.25, 0.3) is 0 Å². The zero-order valence-corrected chi connectivity index (χ0v) is 9.86. The van der Waals surface area contributed by atoms with Crippen molar-refractivity contribution in [1.29, 1.82) is 0 Å². The molecule has 0 saturated heterocycles. The molecule has 0 saturated carbocycles. The number of anilines is 2. The summed E-state index contributed by atoms with van der Waals surface area (Å²) in [5.74, 6) is 0. The van der Waals surface area contributed by atoms with Crippen LogP contribution in [0, 0.1) is 0 Å². The fourth-order valence-corrected chi connectivity index (χ4v) is 1.91. The molecule has 0 aromatic heterocycles. The highest BCUT2D eigenvalue weighted by molar-refractivity contribution is 7.28. The Labute approximate surface area is 82.7 Å². The summed E-state index contributed by atoms with van der Waals surface area (Å²) in [7, 11) is 11.0. The lowest BCUT2D eigenvalue weighted by molar-refractivity contribution is 1.08. The number of nitrogens with zero attached hydrogens (tertiary/aromatic N) is 2. The smallest absolute Gasteiger partial charge is 0.0671 e. The summed E-state index contributed by atoms with van der Waals surface area (Å²) in [6.07, 6.45) is 0. The first-order valence-electron chi connectivity index (χ1n) is 4.27. The summed E-state index contributed by atoms with van der Waals surface area (Å²) < 4.78 is 0. The first-order chi connectivity index (χ1) is 6.04. The van der Waals surface area contributed by atoms with Crippen molar-refractivity contribution in [2.24, 2.45) is 0 Å². The molecule has 0 amide bonds. The molecule has 1 rings (SSSR count). The number of benzene rings is 1. The van der Waals surface area contributed by atoms with Gasteiger partial charge in [0.15, 0.2) is 0 Å². The zero-order chi connectivity index (χ0) is 10.0. The van der Waals surface area contributed by atoms with Gasteiger partial charge in [-0.05, 0) is 11.4 Å². The van der Waals surface area contributed by atoms with Gasteiger partial charge < -0.3 is 9.80 Å². The summed E-state index contributed by atoms with van der Waals surface area (Å²) in [5.41, 5.74) is 2.51. The standard InChI is InChI=1S/C10H17N2P/c1-11(2)8-6-5-7-9(13)10(8)12(3)4/h5-7H,13H2,1-4H3. The van der Waals surface area contributed by atoms with Crippen molar-refractivity contribution in [3.63, 3.8) is 0 Å². The molecule has 0 radical (unpaired) electrons. The van der Waals surface area contributed by atoms with Gasteiger partial charge in [0.05, 0.1) is 11.4 Å². The molecule has 3 heteroatoms. The lowest BCUT2D eigenvalue weighted by Crippen LogP contribution is -2.21. The summed E-state index contributed by atoms with van der Waals surface area (Å²) >= 11 is 0. The van der Waals surface area contributed by atoms with E-state index in [4.69, 9.17) is 0 Å². The molecular formula is C10H17N2P. The van der Waals surface area contributed by atoms with Gasteiger partial charge in [-0.2, -0.15) is 0 Å². The minimum atomic E-state index is 1.23. The SMILES string of the molecule is CN(C)c1cccc(P)c1N(C)C. The molecular weight excluding hydrogens is 179 g/mol. The van der Waals surface area contributed by atoms with Crippen molar-refractivity contribution < 1.29 is 0 Å². The molecule has 0 N–H and O–H groups in total. The zero-order valence-electron chi connectivity index (χ0n) is 8.70. The Balaban J connectivity index is 3.26. The molecule has 1 atom stereocenters. The van der Waals surface area contributed by atoms with Gasteiger partial charge in [-0.3, -0.25) is 0 Å². The van der Waals surface area contributed by atoms with E-state index in [9.17, 15) is 0 Å². The highest BCUT2D eigenvalue weighted by atomic mass is 31.0. The molecule has 1 unspecified atom stereocenters. The Morgan fingerprint density at radius 3 is 2.00 bits per heavy atom. The third kappa shape index (κ3) is 2.13. The van der Waals surface area contributed by atoms with Crippen LogP contribution in [-0.2, 0) is 0 Å². The predicted octanol–water partition coefficient (Wildman–Crippen LogP) is 1.32. The van der Waals surface area contributed by atoms with E-state index in [1.54, 1.807) is 0 Å². The molecule has 0 aliphatic rings. The Morgan fingerprint density at radius 2 is 1.62 bits per heavy atom. The molecule has 2 nitrogen and oxygen atoms in total. The van der Waals surface area contributed by atoms with Crippen LogP contribution in [0.3, 0.4) is 0 Å². The summed E-state index contributed by atoms with van der Waals surface area (Å²) in [6.45, 7) is 0. The number of hydrogen-bond donors (Lipinski definition) is 0. The Kier molecular flexibility index (Phi) is 3.16. The van der Waals surface area contributed by atoms with Crippen LogP contribution in [0.5, 0.6) is 0 Å². The van der Waals surface area contributed by atoms with Crippen LogP contribution in [-0.4, -0.2) is 28.2 Å². The van der Waals surface area contributed by atoms with Gasteiger partial charge in [-0.25, -0.2) is 0 Å². The highest BCUT2D eigenvalue weighted by Crippen LogP contribution is 2.25. The lowest BCUT2D eigenvalue weighted by Gasteiger charge is -2.24. The Bertz CT molecular complexity index is 295. The van der Waals surface area contributed by atoms with Crippen LogP contribution in [0.2, 0.25) is 0 Å². The Hall–Kier alpha value is -0.750. The second-order valence-electron chi connectivity index (χ2n) is 3.50. The molecule has 0 aliphatic heterocycles. The van der Waals surface area contributed by atoms with Crippen LogP contribution in [0.15, 0.2) is 18.2 Å². The van der Waals surface area contributed by atoms with Crippen LogP contribution in [0.4, 0.5) is 11.4 Å². The van der Waals surface area contributed by atoms with E-state index >= 15 is 0 Å². The third-order valence-electron chi connectivity index (χ3n) is 1.97. The quantitative estimate of drug-likeness (QED) is 0.658. The largest absolute Gasteiger partial charge is 0.376 e. The maximum atomic E-state index is 2.77. The van der Waals surface area contributed by atoms with Gasteiger partial charge in [0.2, 0.25) is 0 Å². The maximum absolute atomic E-state index is 2.77. The average Bonchev–Trinajstić information content (AvgIpc) is 2.02. The van der Waals surface area contributed by atoms with Gasteiger partial charge in [0.25, 0.3) is 0 Å². The normalized spacial score (nSPS) is 9.92. The predicted molar refractivity (Wildman–Crippen MR) is 64.4 cm³/mol. The van der Waals surface area contributed by atoms with E-state index in [-0.39, 0.29) is 0 Å². The van der Waals surface area contributed by atoms with Crippen molar-refractivity contribution >= 4 is 25.9 Å². The van der Waals surface area contributed by atoms with Crippen molar-refractivity contribution in [2.45, 2.75) is 0 Å². The van der Waals surface area contributed by atoms with Crippen LogP contribution < -0.4 is 15.1 Å². The van der Waals surface area contributed by atoms with E-state index < -0.39 is 0 Å². The van der Waals surface area contributed by atoms with Gasteiger partial charge in [-0.15, -0.1) is 9.24 Å². The molecule has 0 aliphatic carbocycles. The molecule has 1 aromatic rings. The topological polar surface area (TPSA) is 6.48 Å². The van der Waals surface area contributed by atoms with E-state index in [0.29, 0.717) is 0 Å². The fourth-order valence-electron chi connectivity index (χ4n) is 1.40. The van der Waals surface area contributed by atoms with Crippen LogP contribution in [0.1, 0.15) is 0 Å². The monoisotopic (exact) mass is 196 g/mol. The van der Waals surface area contributed by atoms with E-state index in [1.165, 1.54) is 16.7 Å². The molecule has 0 bridgehead atoms. The van der Waals surface area contributed by atoms with Gasteiger partial charge >= 0.3 is 0 Å². The van der Waals surface area contributed by atoms with Crippen LogP contribution >= 0.6 is 9.24 Å². The molecule has 72 valence electrons. The van der Waals surface area contributed by atoms with Crippen molar-refractivity contribution in [1.82, 2.24) is 0 Å². The minimum Gasteiger partial charge on any atom is -0.376 e. The number of rotatable bonds is 2. The fraction of sp³-hybridized carbons (Fsp3) is 0.400. The first kappa shape index (κ1) is 10.3. The van der Waals surface area contributed by atoms with Gasteiger partial charge in [0, 0.05) is 28.2 Å². The molecule has 0 heterocycles. The van der Waals surface area contributed by atoms with E-state index in [0.717, 1.165) is 0 Å². The third-order valence-corrected chi connectivity index (χ3v) is 2.44.